The minimum atomic E-state index is -0.0753. The van der Waals surface area contributed by atoms with E-state index in [9.17, 15) is 4.79 Å². The summed E-state index contributed by atoms with van der Waals surface area (Å²) in [7, 11) is 0. The van der Waals surface area contributed by atoms with Crippen LogP contribution in [0.4, 0.5) is 0 Å². The van der Waals surface area contributed by atoms with Crippen LogP contribution in [-0.2, 0) is 0 Å². The quantitative estimate of drug-likeness (QED) is 0.696. The van der Waals surface area contributed by atoms with Crippen LogP contribution >= 0.6 is 0 Å². The van der Waals surface area contributed by atoms with Crippen molar-refractivity contribution in [3.8, 4) is 11.3 Å². The van der Waals surface area contributed by atoms with E-state index in [0.717, 1.165) is 29.5 Å². The summed E-state index contributed by atoms with van der Waals surface area (Å²) in [5.74, 6) is 0.610. The monoisotopic (exact) mass is 361 g/mol. The van der Waals surface area contributed by atoms with Crippen LogP contribution in [0.1, 0.15) is 48.0 Å². The molecule has 0 radical (unpaired) electrons. The van der Waals surface area contributed by atoms with Crippen LogP contribution in [0.3, 0.4) is 0 Å². The maximum absolute atomic E-state index is 13.1. The normalized spacial score (nSPS) is 15.8. The average Bonchev–Trinajstić information content (AvgIpc) is 3.23. The van der Waals surface area contributed by atoms with Crippen LogP contribution in [0.5, 0.6) is 0 Å². The number of carbonyl (C=O) groups is 1. The lowest BCUT2D eigenvalue weighted by molar-refractivity contribution is 0.0954. The molecule has 0 N–H and O–H groups in total. The summed E-state index contributed by atoms with van der Waals surface area (Å²) in [6, 6.07) is 11.6. The zero-order valence-electron chi connectivity index (χ0n) is 15.5. The molecule has 1 fully saturated rings. The molecule has 5 nitrogen and oxygen atoms in total. The molecule has 1 aliphatic rings. The molecular weight excluding hydrogens is 338 g/mol. The fourth-order valence-electron chi connectivity index (χ4n) is 3.53. The second kappa shape index (κ2) is 7.74. The lowest BCUT2D eigenvalue weighted by Crippen LogP contribution is -2.29. The Hall–Kier alpha value is -2.95. The van der Waals surface area contributed by atoms with Crippen molar-refractivity contribution in [1.29, 1.82) is 0 Å². The van der Waals surface area contributed by atoms with E-state index in [1.54, 1.807) is 10.8 Å². The van der Waals surface area contributed by atoms with Crippen molar-refractivity contribution in [2.24, 2.45) is 4.99 Å². The third-order valence-electron chi connectivity index (χ3n) is 5.05. The molecule has 2 aromatic heterocycles. The first-order valence-electron chi connectivity index (χ1n) is 9.47. The molecule has 4 rings (SSSR count). The molecule has 138 valence electrons. The molecule has 0 unspecified atom stereocenters. The van der Waals surface area contributed by atoms with Gasteiger partial charge in [-0.2, -0.15) is 0 Å². The van der Waals surface area contributed by atoms with Crippen LogP contribution in [0, 0.1) is 6.92 Å². The smallest absolute Gasteiger partial charge is 0.263 e. The summed E-state index contributed by atoms with van der Waals surface area (Å²) in [6.07, 6.45) is 10.8. The summed E-state index contributed by atoms with van der Waals surface area (Å²) in [5, 5.41) is 0. The van der Waals surface area contributed by atoms with E-state index >= 15 is 0 Å². The van der Waals surface area contributed by atoms with Crippen molar-refractivity contribution in [2.75, 3.05) is 0 Å². The standard InChI is InChI=1S/C22H23N3O2/c1-16-11-12-25(21(13-16)24-19-5-3-2-4-6-19)22(26)18-9-7-17(8-10-18)20-14-23-15-27-20/h7-15,19H,2-6H2,1H3. The van der Waals surface area contributed by atoms with Crippen LogP contribution in [0.2, 0.25) is 0 Å². The molecule has 27 heavy (non-hydrogen) atoms. The first-order valence-corrected chi connectivity index (χ1v) is 9.47. The van der Waals surface area contributed by atoms with Crippen LogP contribution in [0.25, 0.3) is 11.3 Å². The van der Waals surface area contributed by atoms with Crippen molar-refractivity contribution in [1.82, 2.24) is 9.55 Å². The zero-order chi connectivity index (χ0) is 18.6. The Labute approximate surface area is 158 Å². The van der Waals surface area contributed by atoms with Gasteiger partial charge >= 0.3 is 0 Å². The van der Waals surface area contributed by atoms with Gasteiger partial charge in [-0.05, 0) is 49.6 Å². The summed E-state index contributed by atoms with van der Waals surface area (Å²) >= 11 is 0. The van der Waals surface area contributed by atoms with E-state index in [-0.39, 0.29) is 5.91 Å². The molecule has 1 aromatic carbocycles. The first-order chi connectivity index (χ1) is 13.2. The minimum absolute atomic E-state index is 0.0753. The number of hydrogen-bond acceptors (Lipinski definition) is 4. The van der Waals surface area contributed by atoms with E-state index in [1.807, 2.05) is 49.5 Å². The topological polar surface area (TPSA) is 60.4 Å². The highest BCUT2D eigenvalue weighted by molar-refractivity contribution is 5.96. The number of pyridine rings is 1. The van der Waals surface area contributed by atoms with E-state index in [1.165, 1.54) is 25.7 Å². The Morgan fingerprint density at radius 1 is 1.15 bits per heavy atom. The Morgan fingerprint density at radius 3 is 2.63 bits per heavy atom. The van der Waals surface area contributed by atoms with Gasteiger partial charge in [0.15, 0.2) is 12.2 Å². The molecule has 0 bridgehead atoms. The number of rotatable bonds is 3. The van der Waals surface area contributed by atoms with E-state index in [4.69, 9.17) is 9.41 Å². The molecule has 3 aromatic rings. The highest BCUT2D eigenvalue weighted by Gasteiger charge is 2.14. The lowest BCUT2D eigenvalue weighted by atomic mass is 9.96. The summed E-state index contributed by atoms with van der Waals surface area (Å²) in [6.45, 7) is 2.03. The van der Waals surface area contributed by atoms with Gasteiger partial charge in [-0.15, -0.1) is 0 Å². The third kappa shape index (κ3) is 3.92. The maximum Gasteiger partial charge on any atom is 0.263 e. The van der Waals surface area contributed by atoms with Crippen molar-refractivity contribution in [3.63, 3.8) is 0 Å². The molecule has 0 atom stereocenters. The number of aromatic nitrogens is 2. The third-order valence-corrected chi connectivity index (χ3v) is 5.05. The Bertz CT molecular complexity index is 979. The fraction of sp³-hybridized carbons (Fsp3) is 0.318. The predicted molar refractivity (Wildman–Crippen MR) is 103 cm³/mol. The van der Waals surface area contributed by atoms with Gasteiger partial charge < -0.3 is 4.42 Å². The van der Waals surface area contributed by atoms with Crippen molar-refractivity contribution in [2.45, 2.75) is 45.1 Å². The summed E-state index contributed by atoms with van der Waals surface area (Å²) in [4.78, 5) is 21.9. The number of oxazole rings is 1. The van der Waals surface area contributed by atoms with Crippen molar-refractivity contribution >= 4 is 5.91 Å². The van der Waals surface area contributed by atoms with Gasteiger partial charge in [0.1, 0.15) is 5.49 Å². The number of hydrogen-bond donors (Lipinski definition) is 0. The number of benzene rings is 1. The van der Waals surface area contributed by atoms with Gasteiger partial charge in [0.05, 0.1) is 12.2 Å². The molecule has 0 amide bonds. The highest BCUT2D eigenvalue weighted by Crippen LogP contribution is 2.20. The maximum atomic E-state index is 13.1. The Balaban J connectivity index is 1.66. The largest absolute Gasteiger partial charge is 0.444 e. The van der Waals surface area contributed by atoms with Crippen LogP contribution < -0.4 is 5.49 Å². The van der Waals surface area contributed by atoms with Gasteiger partial charge in [-0.25, -0.2) is 4.98 Å². The molecule has 0 aliphatic heterocycles. The molecule has 2 heterocycles. The zero-order valence-corrected chi connectivity index (χ0v) is 15.5. The fourth-order valence-corrected chi connectivity index (χ4v) is 3.53. The minimum Gasteiger partial charge on any atom is -0.444 e. The SMILES string of the molecule is Cc1ccn(C(=O)c2ccc(-c3cnco3)cc2)c(=NC2CCCCC2)c1. The molecular formula is C22H23N3O2. The highest BCUT2D eigenvalue weighted by atomic mass is 16.3. The van der Waals surface area contributed by atoms with E-state index in [2.05, 4.69) is 4.98 Å². The van der Waals surface area contributed by atoms with Gasteiger partial charge in [0.2, 0.25) is 0 Å². The van der Waals surface area contributed by atoms with Gasteiger partial charge in [-0.3, -0.25) is 14.4 Å². The van der Waals surface area contributed by atoms with Gasteiger partial charge in [0, 0.05) is 17.3 Å². The Morgan fingerprint density at radius 2 is 1.93 bits per heavy atom. The molecule has 1 aliphatic carbocycles. The van der Waals surface area contributed by atoms with Crippen molar-refractivity contribution in [3.05, 3.63) is 71.8 Å². The lowest BCUT2D eigenvalue weighted by Gasteiger charge is -2.18. The molecule has 5 heteroatoms. The predicted octanol–water partition coefficient (Wildman–Crippen LogP) is 4.37. The van der Waals surface area contributed by atoms with E-state index < -0.39 is 0 Å². The second-order valence-electron chi connectivity index (χ2n) is 7.10. The molecule has 0 spiro atoms. The number of aryl methyl sites for hydroxylation is 1. The second-order valence-corrected chi connectivity index (χ2v) is 7.10. The van der Waals surface area contributed by atoms with Gasteiger partial charge in [-0.1, -0.05) is 31.4 Å². The van der Waals surface area contributed by atoms with Crippen molar-refractivity contribution < 1.29 is 9.21 Å². The molecule has 1 saturated carbocycles. The summed E-state index contributed by atoms with van der Waals surface area (Å²) < 4.78 is 6.96. The first kappa shape index (κ1) is 17.5. The Kier molecular flexibility index (Phi) is 5.01. The number of carbonyl (C=O) groups excluding carboxylic acids is 1. The summed E-state index contributed by atoms with van der Waals surface area (Å²) in [5.41, 5.74) is 3.36. The average molecular weight is 361 g/mol. The van der Waals surface area contributed by atoms with Gasteiger partial charge in [0.25, 0.3) is 5.91 Å². The van der Waals surface area contributed by atoms with E-state index in [0.29, 0.717) is 17.4 Å². The van der Waals surface area contributed by atoms with Crippen LogP contribution in [0.15, 0.2) is 64.6 Å². The molecule has 0 saturated heterocycles. The number of nitrogens with zero attached hydrogens (tertiary/aromatic N) is 3. The van der Waals surface area contributed by atoms with Crippen LogP contribution in [-0.4, -0.2) is 21.5 Å².